The van der Waals surface area contributed by atoms with Crippen molar-refractivity contribution in [1.29, 1.82) is 0 Å². The van der Waals surface area contributed by atoms with Crippen LogP contribution in [0.15, 0.2) is 24.3 Å². The van der Waals surface area contributed by atoms with Gasteiger partial charge in [0.25, 0.3) is 0 Å². The largest absolute Gasteiger partial charge is 0.381 e. The summed E-state index contributed by atoms with van der Waals surface area (Å²) in [5.41, 5.74) is 7.17. The number of ether oxygens (including phenoxy) is 1. The van der Waals surface area contributed by atoms with Crippen molar-refractivity contribution in [1.82, 2.24) is 4.90 Å². The molecule has 2 aliphatic heterocycles. The predicted octanol–water partition coefficient (Wildman–Crippen LogP) is 1.69. The molecule has 25 heavy (non-hydrogen) atoms. The molecule has 0 spiro atoms. The van der Waals surface area contributed by atoms with Gasteiger partial charge in [-0.2, -0.15) is 0 Å². The molecule has 136 valence electrons. The molecule has 0 aromatic heterocycles. The number of nitrogens with zero attached hydrogens (tertiary/aromatic N) is 1. The van der Waals surface area contributed by atoms with Gasteiger partial charge in [-0.25, -0.2) is 0 Å². The Morgan fingerprint density at radius 3 is 2.40 bits per heavy atom. The fraction of sp³-hybridized carbons (Fsp3) is 0.579. The highest BCUT2D eigenvalue weighted by Crippen LogP contribution is 2.21. The molecule has 0 aliphatic carbocycles. The van der Waals surface area contributed by atoms with E-state index in [-0.39, 0.29) is 11.8 Å². The van der Waals surface area contributed by atoms with Gasteiger partial charge in [0.2, 0.25) is 11.8 Å². The van der Waals surface area contributed by atoms with Crippen molar-refractivity contribution in [3.63, 3.8) is 0 Å². The summed E-state index contributed by atoms with van der Waals surface area (Å²) in [5.74, 6) is 0.0761. The number of amides is 2. The first-order chi connectivity index (χ1) is 12.1. The Bertz CT molecular complexity index is 603. The summed E-state index contributed by atoms with van der Waals surface area (Å²) in [6.45, 7) is 2.84. The first kappa shape index (κ1) is 17.9. The van der Waals surface area contributed by atoms with Gasteiger partial charge in [-0.3, -0.25) is 9.59 Å². The van der Waals surface area contributed by atoms with E-state index in [1.54, 1.807) is 0 Å². The molecular formula is C19H27N3O3. The minimum atomic E-state index is -0.848. The molecule has 1 aromatic rings. The third kappa shape index (κ3) is 4.58. The van der Waals surface area contributed by atoms with Crippen molar-refractivity contribution in [3.8, 4) is 0 Å². The number of anilines is 1. The average molecular weight is 345 g/mol. The minimum Gasteiger partial charge on any atom is -0.381 e. The SMILES string of the molecule is NC1(C(=O)Nc2ccc(CCC(=O)N3CCCC3)cc2)CCOCC1. The molecule has 2 aliphatic rings. The number of rotatable bonds is 5. The zero-order valence-corrected chi connectivity index (χ0v) is 14.6. The number of carbonyl (C=O) groups excluding carboxylic acids is 2. The number of benzene rings is 1. The van der Waals surface area contributed by atoms with Gasteiger partial charge in [-0.05, 0) is 49.8 Å². The molecular weight excluding hydrogens is 318 g/mol. The van der Waals surface area contributed by atoms with Crippen LogP contribution in [0, 0.1) is 0 Å². The third-order valence-corrected chi connectivity index (χ3v) is 5.14. The number of nitrogens with one attached hydrogen (secondary N) is 1. The molecule has 0 saturated carbocycles. The van der Waals surface area contributed by atoms with E-state index in [0.29, 0.717) is 32.5 Å². The Hall–Kier alpha value is -1.92. The van der Waals surface area contributed by atoms with E-state index in [1.165, 1.54) is 0 Å². The summed E-state index contributed by atoms with van der Waals surface area (Å²) in [5, 5.41) is 2.89. The number of nitrogens with two attached hydrogens (primary N) is 1. The van der Waals surface area contributed by atoms with Gasteiger partial charge in [0.05, 0.1) is 0 Å². The van der Waals surface area contributed by atoms with E-state index in [1.807, 2.05) is 29.2 Å². The van der Waals surface area contributed by atoms with Crippen LogP contribution in [-0.4, -0.2) is 48.6 Å². The summed E-state index contributed by atoms with van der Waals surface area (Å²) in [7, 11) is 0. The molecule has 3 N–H and O–H groups in total. The number of carbonyl (C=O) groups is 2. The maximum Gasteiger partial charge on any atom is 0.244 e. The predicted molar refractivity (Wildman–Crippen MR) is 96.2 cm³/mol. The van der Waals surface area contributed by atoms with Crippen molar-refractivity contribution < 1.29 is 14.3 Å². The number of aryl methyl sites for hydroxylation is 1. The van der Waals surface area contributed by atoms with Crippen LogP contribution >= 0.6 is 0 Å². The lowest BCUT2D eigenvalue weighted by atomic mass is 9.90. The highest BCUT2D eigenvalue weighted by Gasteiger charge is 2.35. The molecule has 0 radical (unpaired) electrons. The maximum atomic E-state index is 12.4. The molecule has 2 fully saturated rings. The topological polar surface area (TPSA) is 84.7 Å². The average Bonchev–Trinajstić information content (AvgIpc) is 3.16. The monoisotopic (exact) mass is 345 g/mol. The standard InChI is InChI=1S/C19H27N3O3/c20-19(9-13-25-14-10-19)18(24)21-16-6-3-15(4-7-16)5-8-17(23)22-11-1-2-12-22/h3-4,6-7H,1-2,5,8-14,20H2,(H,21,24). The minimum absolute atomic E-state index is 0.159. The number of hydrogen-bond acceptors (Lipinski definition) is 4. The van der Waals surface area contributed by atoms with Crippen LogP contribution in [0.4, 0.5) is 5.69 Å². The van der Waals surface area contributed by atoms with Crippen LogP contribution < -0.4 is 11.1 Å². The second-order valence-corrected chi connectivity index (χ2v) is 7.01. The van der Waals surface area contributed by atoms with Crippen molar-refractivity contribution in [2.75, 3.05) is 31.6 Å². The van der Waals surface area contributed by atoms with Crippen LogP contribution in [-0.2, 0) is 20.7 Å². The summed E-state index contributed by atoms with van der Waals surface area (Å²) < 4.78 is 5.27. The summed E-state index contributed by atoms with van der Waals surface area (Å²) in [4.78, 5) is 26.4. The van der Waals surface area contributed by atoms with Gasteiger partial charge < -0.3 is 20.7 Å². The number of hydrogen-bond donors (Lipinski definition) is 2. The fourth-order valence-electron chi connectivity index (χ4n) is 3.35. The molecule has 2 saturated heterocycles. The third-order valence-electron chi connectivity index (χ3n) is 5.14. The fourth-order valence-corrected chi connectivity index (χ4v) is 3.35. The van der Waals surface area contributed by atoms with E-state index >= 15 is 0 Å². The van der Waals surface area contributed by atoms with Gasteiger partial charge in [0.15, 0.2) is 0 Å². The molecule has 6 heteroatoms. The van der Waals surface area contributed by atoms with Crippen LogP contribution in [0.1, 0.15) is 37.7 Å². The van der Waals surface area contributed by atoms with Crippen LogP contribution in [0.5, 0.6) is 0 Å². The number of likely N-dealkylation sites (tertiary alicyclic amines) is 1. The Kier molecular flexibility index (Phi) is 5.71. The normalized spacial score (nSPS) is 19.6. The van der Waals surface area contributed by atoms with Gasteiger partial charge in [-0.15, -0.1) is 0 Å². The van der Waals surface area contributed by atoms with E-state index in [0.717, 1.165) is 43.6 Å². The molecule has 3 rings (SSSR count). The van der Waals surface area contributed by atoms with Crippen LogP contribution in [0.3, 0.4) is 0 Å². The lowest BCUT2D eigenvalue weighted by Crippen LogP contribution is -2.54. The van der Waals surface area contributed by atoms with Crippen molar-refractivity contribution in [2.24, 2.45) is 5.73 Å². The second-order valence-electron chi connectivity index (χ2n) is 7.01. The maximum absolute atomic E-state index is 12.4. The van der Waals surface area contributed by atoms with Gasteiger partial charge >= 0.3 is 0 Å². The van der Waals surface area contributed by atoms with Gasteiger partial charge in [0, 0.05) is 38.4 Å². The van der Waals surface area contributed by atoms with Gasteiger partial charge in [-0.1, -0.05) is 12.1 Å². The van der Waals surface area contributed by atoms with Crippen LogP contribution in [0.25, 0.3) is 0 Å². The zero-order valence-electron chi connectivity index (χ0n) is 14.6. The first-order valence-electron chi connectivity index (χ1n) is 9.12. The summed E-state index contributed by atoms with van der Waals surface area (Å²) >= 11 is 0. The Morgan fingerprint density at radius 2 is 1.76 bits per heavy atom. The Balaban J connectivity index is 1.49. The molecule has 6 nitrogen and oxygen atoms in total. The smallest absolute Gasteiger partial charge is 0.244 e. The Labute approximate surface area is 148 Å². The highest BCUT2D eigenvalue weighted by atomic mass is 16.5. The van der Waals surface area contributed by atoms with E-state index in [9.17, 15) is 9.59 Å². The molecule has 0 bridgehead atoms. The molecule has 0 unspecified atom stereocenters. The van der Waals surface area contributed by atoms with E-state index < -0.39 is 5.54 Å². The van der Waals surface area contributed by atoms with Gasteiger partial charge in [0.1, 0.15) is 5.54 Å². The highest BCUT2D eigenvalue weighted by molar-refractivity contribution is 5.98. The lowest BCUT2D eigenvalue weighted by Gasteiger charge is -2.31. The summed E-state index contributed by atoms with van der Waals surface area (Å²) in [6, 6.07) is 7.66. The first-order valence-corrected chi connectivity index (χ1v) is 9.12. The van der Waals surface area contributed by atoms with E-state index in [2.05, 4.69) is 5.32 Å². The lowest BCUT2D eigenvalue weighted by molar-refractivity contribution is -0.130. The van der Waals surface area contributed by atoms with Crippen molar-refractivity contribution in [2.45, 2.75) is 44.1 Å². The summed E-state index contributed by atoms with van der Waals surface area (Å²) in [6.07, 6.45) is 4.58. The van der Waals surface area contributed by atoms with E-state index in [4.69, 9.17) is 10.5 Å². The molecule has 2 heterocycles. The molecule has 2 amide bonds. The quantitative estimate of drug-likeness (QED) is 0.850. The zero-order chi connectivity index (χ0) is 17.7. The Morgan fingerprint density at radius 1 is 1.12 bits per heavy atom. The van der Waals surface area contributed by atoms with Crippen molar-refractivity contribution in [3.05, 3.63) is 29.8 Å². The van der Waals surface area contributed by atoms with Crippen molar-refractivity contribution >= 4 is 17.5 Å². The molecule has 0 atom stereocenters. The van der Waals surface area contributed by atoms with Crippen LogP contribution in [0.2, 0.25) is 0 Å². The second kappa shape index (κ2) is 7.97. The molecule has 1 aromatic carbocycles.